The molecule has 1 aliphatic rings. The Bertz CT molecular complexity index is 400. The first-order valence-corrected chi connectivity index (χ1v) is 5.33. The normalized spacial score (nSPS) is 16.2. The fourth-order valence-corrected chi connectivity index (χ4v) is 1.90. The number of hydrogen-bond donors (Lipinski definition) is 2. The van der Waals surface area contributed by atoms with Gasteiger partial charge in [-0.05, 0) is 31.7 Å². The second-order valence-electron chi connectivity index (χ2n) is 3.91. The third-order valence-corrected chi connectivity index (χ3v) is 2.76. The molecule has 3 N–H and O–H groups in total. The van der Waals surface area contributed by atoms with Crippen LogP contribution in [0.15, 0.2) is 12.3 Å². The van der Waals surface area contributed by atoms with E-state index in [9.17, 15) is 4.79 Å². The maximum atomic E-state index is 10.8. The molecule has 0 spiro atoms. The molecular formula is C11H14N2O3. The van der Waals surface area contributed by atoms with Gasteiger partial charge in [-0.3, -0.25) is 0 Å². The number of pyridine rings is 1. The Morgan fingerprint density at radius 2 is 2.19 bits per heavy atom. The van der Waals surface area contributed by atoms with Gasteiger partial charge >= 0.3 is 5.97 Å². The predicted octanol–water partition coefficient (Wildman–Crippen LogP) is 1.68. The summed E-state index contributed by atoms with van der Waals surface area (Å²) in [7, 11) is 0. The van der Waals surface area contributed by atoms with Gasteiger partial charge in [0.2, 0.25) is 5.88 Å². The topological polar surface area (TPSA) is 85.4 Å². The van der Waals surface area contributed by atoms with Crippen LogP contribution in [0.4, 0.5) is 5.69 Å². The third-order valence-electron chi connectivity index (χ3n) is 2.76. The summed E-state index contributed by atoms with van der Waals surface area (Å²) >= 11 is 0. The summed E-state index contributed by atoms with van der Waals surface area (Å²) < 4.78 is 5.60. The molecule has 1 aromatic rings. The molecular weight excluding hydrogens is 208 g/mol. The van der Waals surface area contributed by atoms with Crippen LogP contribution in [-0.4, -0.2) is 22.2 Å². The average Bonchev–Trinajstić information content (AvgIpc) is 2.73. The van der Waals surface area contributed by atoms with Crippen LogP contribution in [0.3, 0.4) is 0 Å². The lowest BCUT2D eigenvalue weighted by Crippen LogP contribution is -2.14. The van der Waals surface area contributed by atoms with Crippen LogP contribution in [-0.2, 0) is 0 Å². The lowest BCUT2D eigenvalue weighted by Gasteiger charge is -2.14. The highest BCUT2D eigenvalue weighted by molar-refractivity contribution is 5.94. The van der Waals surface area contributed by atoms with Crippen molar-refractivity contribution in [3.05, 3.63) is 17.8 Å². The van der Waals surface area contributed by atoms with Gasteiger partial charge in [0.15, 0.2) is 0 Å². The average molecular weight is 222 g/mol. The standard InChI is InChI=1S/C11H14N2O3/c12-9-8(11(14)15)5-6-13-10(9)16-7-3-1-2-4-7/h5-7H,1-4,12H2,(H,14,15). The van der Waals surface area contributed by atoms with Crippen molar-refractivity contribution in [2.75, 3.05) is 5.73 Å². The second-order valence-corrected chi connectivity index (χ2v) is 3.91. The van der Waals surface area contributed by atoms with Crippen molar-refractivity contribution < 1.29 is 14.6 Å². The molecule has 2 rings (SSSR count). The summed E-state index contributed by atoms with van der Waals surface area (Å²) in [5.74, 6) is -0.817. The number of carboxylic acid groups (broad SMARTS) is 1. The Labute approximate surface area is 93.2 Å². The molecule has 0 saturated heterocycles. The number of nitrogens with two attached hydrogens (primary N) is 1. The van der Waals surface area contributed by atoms with Crippen molar-refractivity contribution in [1.82, 2.24) is 4.98 Å². The van der Waals surface area contributed by atoms with E-state index in [4.69, 9.17) is 15.6 Å². The molecule has 86 valence electrons. The number of hydrogen-bond acceptors (Lipinski definition) is 4. The van der Waals surface area contributed by atoms with Gasteiger partial charge in [0.1, 0.15) is 11.8 Å². The van der Waals surface area contributed by atoms with Crippen LogP contribution >= 0.6 is 0 Å². The molecule has 16 heavy (non-hydrogen) atoms. The SMILES string of the molecule is Nc1c(C(=O)O)ccnc1OC1CCCC1. The summed E-state index contributed by atoms with van der Waals surface area (Å²) in [6.45, 7) is 0. The van der Waals surface area contributed by atoms with E-state index >= 15 is 0 Å². The van der Waals surface area contributed by atoms with Crippen LogP contribution in [0.5, 0.6) is 5.88 Å². The minimum atomic E-state index is -1.06. The van der Waals surface area contributed by atoms with E-state index in [0.29, 0.717) is 0 Å². The van der Waals surface area contributed by atoms with Gasteiger partial charge in [0.25, 0.3) is 0 Å². The molecule has 1 fully saturated rings. The highest BCUT2D eigenvalue weighted by atomic mass is 16.5. The molecule has 0 bridgehead atoms. The van der Waals surface area contributed by atoms with E-state index in [-0.39, 0.29) is 23.2 Å². The van der Waals surface area contributed by atoms with Crippen LogP contribution in [0.2, 0.25) is 0 Å². The van der Waals surface area contributed by atoms with Gasteiger partial charge in [-0.2, -0.15) is 0 Å². The van der Waals surface area contributed by atoms with Crippen LogP contribution in [0, 0.1) is 0 Å². The quantitative estimate of drug-likeness (QED) is 0.812. The summed E-state index contributed by atoms with van der Waals surface area (Å²) in [6.07, 6.45) is 5.78. The molecule has 0 radical (unpaired) electrons. The van der Waals surface area contributed by atoms with E-state index in [2.05, 4.69) is 4.98 Å². The van der Waals surface area contributed by atoms with E-state index < -0.39 is 5.97 Å². The summed E-state index contributed by atoms with van der Waals surface area (Å²) in [5, 5.41) is 8.89. The van der Waals surface area contributed by atoms with E-state index in [1.54, 1.807) is 0 Å². The zero-order valence-corrected chi connectivity index (χ0v) is 8.85. The molecule has 0 aromatic carbocycles. The number of nitrogen functional groups attached to an aromatic ring is 1. The molecule has 1 heterocycles. The van der Waals surface area contributed by atoms with Gasteiger partial charge in [-0.25, -0.2) is 9.78 Å². The van der Waals surface area contributed by atoms with Crippen molar-refractivity contribution in [2.45, 2.75) is 31.8 Å². The molecule has 1 aliphatic carbocycles. The largest absolute Gasteiger partial charge is 0.478 e. The fraction of sp³-hybridized carbons (Fsp3) is 0.455. The van der Waals surface area contributed by atoms with Crippen LogP contribution in [0.1, 0.15) is 36.0 Å². The summed E-state index contributed by atoms with van der Waals surface area (Å²) in [6, 6.07) is 1.37. The number of carbonyl (C=O) groups is 1. The fourth-order valence-electron chi connectivity index (χ4n) is 1.90. The molecule has 1 saturated carbocycles. The van der Waals surface area contributed by atoms with Gasteiger partial charge in [0, 0.05) is 6.20 Å². The van der Waals surface area contributed by atoms with Crippen molar-refractivity contribution in [3.8, 4) is 5.88 Å². The first-order chi connectivity index (χ1) is 7.68. The molecule has 0 unspecified atom stereocenters. The smallest absolute Gasteiger partial charge is 0.338 e. The number of anilines is 1. The zero-order chi connectivity index (χ0) is 11.5. The molecule has 0 aliphatic heterocycles. The third kappa shape index (κ3) is 2.08. The van der Waals surface area contributed by atoms with Gasteiger partial charge < -0.3 is 15.6 Å². The highest BCUT2D eigenvalue weighted by Crippen LogP contribution is 2.28. The van der Waals surface area contributed by atoms with Crippen molar-refractivity contribution in [2.24, 2.45) is 0 Å². The lowest BCUT2D eigenvalue weighted by molar-refractivity contribution is 0.0697. The Kier molecular flexibility index (Phi) is 2.94. The summed E-state index contributed by atoms with van der Waals surface area (Å²) in [5.41, 5.74) is 5.85. The molecule has 0 amide bonds. The second kappa shape index (κ2) is 4.38. The number of ether oxygens (including phenoxy) is 1. The van der Waals surface area contributed by atoms with Crippen molar-refractivity contribution >= 4 is 11.7 Å². The van der Waals surface area contributed by atoms with Crippen LogP contribution < -0.4 is 10.5 Å². The Morgan fingerprint density at radius 1 is 1.50 bits per heavy atom. The van der Waals surface area contributed by atoms with Crippen LogP contribution in [0.25, 0.3) is 0 Å². The van der Waals surface area contributed by atoms with E-state index in [0.717, 1.165) is 25.7 Å². The Morgan fingerprint density at radius 3 is 2.81 bits per heavy atom. The Hall–Kier alpha value is -1.78. The van der Waals surface area contributed by atoms with E-state index in [1.807, 2.05) is 0 Å². The molecule has 5 heteroatoms. The number of carboxylic acids is 1. The van der Waals surface area contributed by atoms with Gasteiger partial charge in [0.05, 0.1) is 5.56 Å². The Balaban J connectivity index is 2.20. The number of aromatic nitrogens is 1. The predicted molar refractivity (Wildman–Crippen MR) is 58.5 cm³/mol. The minimum absolute atomic E-state index is 0.0444. The van der Waals surface area contributed by atoms with Gasteiger partial charge in [-0.1, -0.05) is 0 Å². The molecule has 0 atom stereocenters. The van der Waals surface area contributed by atoms with Crippen molar-refractivity contribution in [3.63, 3.8) is 0 Å². The summed E-state index contributed by atoms with van der Waals surface area (Å²) in [4.78, 5) is 14.8. The van der Waals surface area contributed by atoms with E-state index in [1.165, 1.54) is 12.3 Å². The van der Waals surface area contributed by atoms with Crippen molar-refractivity contribution in [1.29, 1.82) is 0 Å². The first-order valence-electron chi connectivity index (χ1n) is 5.33. The lowest BCUT2D eigenvalue weighted by atomic mass is 10.2. The maximum absolute atomic E-state index is 10.8. The number of rotatable bonds is 3. The zero-order valence-electron chi connectivity index (χ0n) is 8.85. The van der Waals surface area contributed by atoms with Gasteiger partial charge in [-0.15, -0.1) is 0 Å². The molecule has 5 nitrogen and oxygen atoms in total. The highest BCUT2D eigenvalue weighted by Gasteiger charge is 2.20. The molecule has 1 aromatic heterocycles. The maximum Gasteiger partial charge on any atom is 0.338 e. The monoisotopic (exact) mass is 222 g/mol. The number of aromatic carboxylic acids is 1. The first kappa shape index (κ1) is 10.7. The minimum Gasteiger partial charge on any atom is -0.478 e. The number of nitrogens with zero attached hydrogens (tertiary/aromatic N) is 1.